The Morgan fingerprint density at radius 1 is 1.67 bits per heavy atom. The summed E-state index contributed by atoms with van der Waals surface area (Å²) < 4.78 is 0. The zero-order chi connectivity index (χ0) is 7.28. The van der Waals surface area contributed by atoms with Crippen molar-refractivity contribution < 1.29 is 4.79 Å². The van der Waals surface area contributed by atoms with Gasteiger partial charge in [-0.1, -0.05) is 0 Å². The van der Waals surface area contributed by atoms with Crippen LogP contribution in [-0.2, 0) is 0 Å². The maximum atomic E-state index is 10.6. The van der Waals surface area contributed by atoms with E-state index in [0.29, 0.717) is 6.54 Å². The minimum atomic E-state index is -0.0394. The van der Waals surface area contributed by atoms with E-state index in [1.54, 1.807) is 4.81 Å². The first-order valence-electron chi connectivity index (χ1n) is 2.96. The lowest BCUT2D eigenvalue weighted by Crippen LogP contribution is -2.35. The van der Waals surface area contributed by atoms with Crippen LogP contribution in [0.25, 0.3) is 0 Å². The minimum Gasteiger partial charge on any atom is -0.364 e. The molecule has 4 heteroatoms. The fourth-order valence-corrected chi connectivity index (χ4v) is 0.454. The van der Waals surface area contributed by atoms with Crippen molar-refractivity contribution in [3.63, 3.8) is 0 Å². The van der Waals surface area contributed by atoms with E-state index < -0.39 is 0 Å². The largest absolute Gasteiger partial charge is 0.364 e. The highest BCUT2D eigenvalue weighted by Crippen LogP contribution is 1.71. The van der Waals surface area contributed by atoms with E-state index in [9.17, 15) is 4.79 Å². The van der Waals surface area contributed by atoms with Crippen molar-refractivity contribution in [2.75, 3.05) is 20.6 Å². The number of amides is 1. The molecule has 0 saturated carbocycles. The molecule has 0 aromatic rings. The van der Waals surface area contributed by atoms with E-state index >= 15 is 0 Å². The van der Waals surface area contributed by atoms with Crippen LogP contribution in [0.15, 0.2) is 0 Å². The zero-order valence-electron chi connectivity index (χ0n) is 6.14. The fourth-order valence-electron chi connectivity index (χ4n) is 0.454. The van der Waals surface area contributed by atoms with Crippen molar-refractivity contribution in [3.05, 3.63) is 0 Å². The molecule has 0 atom stereocenters. The van der Waals surface area contributed by atoms with E-state index in [1.165, 1.54) is 7.41 Å². The van der Waals surface area contributed by atoms with Crippen LogP contribution in [0.1, 0.15) is 6.92 Å². The lowest BCUT2D eigenvalue weighted by atomic mass is 9.92. The summed E-state index contributed by atoms with van der Waals surface area (Å²) in [6, 6.07) is 0. The molecule has 0 spiro atoms. The van der Waals surface area contributed by atoms with Crippen molar-refractivity contribution >= 4 is 13.2 Å². The summed E-state index contributed by atoms with van der Waals surface area (Å²) in [5.41, 5.74) is 0. The van der Waals surface area contributed by atoms with Crippen LogP contribution < -0.4 is 5.32 Å². The zero-order valence-corrected chi connectivity index (χ0v) is 6.14. The van der Waals surface area contributed by atoms with Crippen LogP contribution in [0.2, 0.25) is 0 Å². The van der Waals surface area contributed by atoms with Gasteiger partial charge in [0.2, 0.25) is 0 Å². The molecule has 0 aromatic carbocycles. The summed E-state index contributed by atoms with van der Waals surface area (Å²) in [6.45, 7) is 2.57. The highest BCUT2D eigenvalue weighted by molar-refractivity contribution is 6.71. The Bertz CT molecular complexity index is 95.0. The monoisotopic (exact) mass is 127 g/mol. The summed E-state index contributed by atoms with van der Waals surface area (Å²) in [5.74, 6) is -0.0394. The number of carbonyl (C=O) groups is 1. The fraction of sp³-hybridized carbons (Fsp3) is 0.800. The molecular formula is C5H12BN2O. The minimum absolute atomic E-state index is 0.0394. The van der Waals surface area contributed by atoms with Crippen molar-refractivity contribution in [2.45, 2.75) is 6.92 Å². The Kier molecular flexibility index (Phi) is 4.14. The molecule has 3 nitrogen and oxygen atoms in total. The lowest BCUT2D eigenvalue weighted by Gasteiger charge is -2.05. The van der Waals surface area contributed by atoms with E-state index in [2.05, 4.69) is 5.32 Å². The first-order valence-corrected chi connectivity index (χ1v) is 2.96. The summed E-state index contributed by atoms with van der Waals surface area (Å²) in [5, 5.41) is 2.64. The third kappa shape index (κ3) is 5.36. The number of nitrogens with one attached hydrogen (secondary N) is 1. The van der Waals surface area contributed by atoms with Crippen LogP contribution in [0.5, 0.6) is 0 Å². The first kappa shape index (κ1) is 8.49. The van der Waals surface area contributed by atoms with Gasteiger partial charge in [0.1, 0.15) is 0 Å². The van der Waals surface area contributed by atoms with Gasteiger partial charge in [-0.2, -0.15) is 0 Å². The molecule has 51 valence electrons. The SMILES string of the molecule is CCNC(=O)[B]N(C)C. The van der Waals surface area contributed by atoms with Gasteiger partial charge in [-0.25, -0.2) is 0 Å². The topological polar surface area (TPSA) is 32.3 Å². The third-order valence-corrected chi connectivity index (χ3v) is 0.726. The molecule has 0 rings (SSSR count). The summed E-state index contributed by atoms with van der Waals surface area (Å²) >= 11 is 0. The quantitative estimate of drug-likeness (QED) is 0.536. The Morgan fingerprint density at radius 2 is 2.22 bits per heavy atom. The molecule has 0 unspecified atom stereocenters. The van der Waals surface area contributed by atoms with E-state index in [0.717, 1.165) is 0 Å². The van der Waals surface area contributed by atoms with Crippen LogP contribution in [0, 0.1) is 0 Å². The van der Waals surface area contributed by atoms with Gasteiger partial charge in [0.05, 0.1) is 0 Å². The molecule has 0 aliphatic carbocycles. The number of carbonyl (C=O) groups excluding carboxylic acids is 1. The average molecular weight is 127 g/mol. The molecule has 0 aliphatic rings. The number of hydrogen-bond acceptors (Lipinski definition) is 2. The maximum absolute atomic E-state index is 10.6. The molecule has 1 radical (unpaired) electrons. The maximum Gasteiger partial charge on any atom is 0.328 e. The molecule has 0 bridgehead atoms. The van der Waals surface area contributed by atoms with Crippen LogP contribution in [-0.4, -0.2) is 38.7 Å². The van der Waals surface area contributed by atoms with Gasteiger partial charge in [0, 0.05) is 6.54 Å². The molecular weight excluding hydrogens is 115 g/mol. The lowest BCUT2D eigenvalue weighted by molar-refractivity contribution is 0.258. The van der Waals surface area contributed by atoms with E-state index in [1.807, 2.05) is 21.0 Å². The van der Waals surface area contributed by atoms with Gasteiger partial charge >= 0.3 is 7.41 Å². The Morgan fingerprint density at radius 3 is 2.56 bits per heavy atom. The molecule has 0 heterocycles. The Hall–Kier alpha value is -0.505. The van der Waals surface area contributed by atoms with Gasteiger partial charge in [0.15, 0.2) is 5.81 Å². The average Bonchev–Trinajstić information content (AvgIpc) is 1.63. The van der Waals surface area contributed by atoms with Crippen molar-refractivity contribution in [3.8, 4) is 0 Å². The highest BCUT2D eigenvalue weighted by atomic mass is 16.1. The predicted octanol–water partition coefficient (Wildman–Crippen LogP) is -0.103. The molecule has 1 amide bonds. The standard InChI is InChI=1S/C5H12BN2O/c1-4-7-5(9)6-8(2)3/h4H2,1-3H3,(H,7,9). The number of hydrogen-bond donors (Lipinski definition) is 1. The highest BCUT2D eigenvalue weighted by Gasteiger charge is 2.02. The molecule has 9 heavy (non-hydrogen) atoms. The van der Waals surface area contributed by atoms with Crippen LogP contribution >= 0.6 is 0 Å². The second-order valence-corrected chi connectivity index (χ2v) is 1.99. The molecule has 0 aliphatic heterocycles. The molecule has 0 fully saturated rings. The van der Waals surface area contributed by atoms with Crippen LogP contribution in [0.4, 0.5) is 4.79 Å². The third-order valence-electron chi connectivity index (χ3n) is 0.726. The smallest absolute Gasteiger partial charge is 0.328 e. The van der Waals surface area contributed by atoms with Crippen molar-refractivity contribution in [1.82, 2.24) is 10.1 Å². The summed E-state index contributed by atoms with van der Waals surface area (Å²) in [4.78, 5) is 12.4. The van der Waals surface area contributed by atoms with Crippen LogP contribution in [0.3, 0.4) is 0 Å². The van der Waals surface area contributed by atoms with Crippen molar-refractivity contribution in [1.29, 1.82) is 0 Å². The summed E-state index contributed by atoms with van der Waals surface area (Å²) in [6.07, 6.45) is 0. The first-order chi connectivity index (χ1) is 4.16. The second kappa shape index (κ2) is 4.38. The van der Waals surface area contributed by atoms with Gasteiger partial charge in [0.25, 0.3) is 0 Å². The van der Waals surface area contributed by atoms with Gasteiger partial charge in [-0.05, 0) is 21.0 Å². The molecule has 0 saturated heterocycles. The Balaban J connectivity index is 3.27. The predicted molar refractivity (Wildman–Crippen MR) is 38.5 cm³/mol. The van der Waals surface area contributed by atoms with Gasteiger partial charge < -0.3 is 10.1 Å². The van der Waals surface area contributed by atoms with Crippen molar-refractivity contribution in [2.24, 2.45) is 0 Å². The van der Waals surface area contributed by atoms with E-state index in [-0.39, 0.29) is 5.81 Å². The van der Waals surface area contributed by atoms with E-state index in [4.69, 9.17) is 0 Å². The number of rotatable bonds is 3. The Labute approximate surface area is 56.7 Å². The number of nitrogens with zero attached hydrogens (tertiary/aromatic N) is 1. The van der Waals surface area contributed by atoms with Gasteiger partial charge in [-0.3, -0.25) is 4.79 Å². The normalized spacial score (nSPS) is 9.33. The molecule has 1 N–H and O–H groups in total. The second-order valence-electron chi connectivity index (χ2n) is 1.99. The summed E-state index contributed by atoms with van der Waals surface area (Å²) in [7, 11) is 5.13. The van der Waals surface area contributed by atoms with Gasteiger partial charge in [-0.15, -0.1) is 0 Å². The molecule has 0 aromatic heterocycles.